The van der Waals surface area contributed by atoms with Gasteiger partial charge in [0, 0.05) is 13.7 Å². The quantitative estimate of drug-likeness (QED) is 0.522. The van der Waals surface area contributed by atoms with E-state index in [0.29, 0.717) is 0 Å². The Bertz CT molecular complexity index is 46.5. The van der Waals surface area contributed by atoms with Crippen LogP contribution >= 0.6 is 0 Å². The van der Waals surface area contributed by atoms with Crippen LogP contribution in [-0.2, 0) is 4.74 Å². The average Bonchev–Trinajstić information content (AvgIpc) is 1.91. The van der Waals surface area contributed by atoms with Crippen molar-refractivity contribution in [3.8, 4) is 0 Å². The van der Waals surface area contributed by atoms with Crippen LogP contribution in [0.1, 0.15) is 27.2 Å². The van der Waals surface area contributed by atoms with Gasteiger partial charge in [0.25, 0.3) is 0 Å². The molecule has 0 heterocycles. The molecule has 0 N–H and O–H groups in total. The van der Waals surface area contributed by atoms with Crippen molar-refractivity contribution in [1.82, 2.24) is 0 Å². The fraction of sp³-hybridized carbons (Fsp3) is 0.750. The van der Waals surface area contributed by atoms with Gasteiger partial charge in [-0.1, -0.05) is 19.1 Å². The van der Waals surface area contributed by atoms with E-state index >= 15 is 0 Å². The zero-order valence-corrected chi connectivity index (χ0v) is 6.98. The van der Waals surface area contributed by atoms with Gasteiger partial charge in [-0.3, -0.25) is 0 Å². The summed E-state index contributed by atoms with van der Waals surface area (Å²) in [5.74, 6) is 0. The summed E-state index contributed by atoms with van der Waals surface area (Å²) in [6.45, 7) is 6.93. The minimum atomic E-state index is 0.819. The molecule has 0 atom stereocenters. The molecule has 0 rings (SSSR count). The lowest BCUT2D eigenvalue weighted by Gasteiger charge is -1.76. The van der Waals surface area contributed by atoms with Gasteiger partial charge in [0.2, 0.25) is 0 Å². The molecule has 0 saturated carbocycles. The van der Waals surface area contributed by atoms with Crippen molar-refractivity contribution in [2.45, 2.75) is 27.2 Å². The normalized spacial score (nSPS) is 8.89. The van der Waals surface area contributed by atoms with E-state index in [1.807, 2.05) is 13.8 Å². The fourth-order valence-electron chi connectivity index (χ4n) is 0.236. The standard InChI is InChI=1S/C5H10.C3H8O/c1-3-5-4-2;1-3-4-2/h3,5H,4H2,1-2H3;3H2,1-2H3. The van der Waals surface area contributed by atoms with E-state index in [4.69, 9.17) is 0 Å². The molecule has 0 aromatic carbocycles. The summed E-state index contributed by atoms with van der Waals surface area (Å²) >= 11 is 0. The van der Waals surface area contributed by atoms with Crippen LogP contribution in [-0.4, -0.2) is 13.7 Å². The summed E-state index contributed by atoms with van der Waals surface area (Å²) in [7, 11) is 1.68. The summed E-state index contributed by atoms with van der Waals surface area (Å²) in [5, 5.41) is 0. The molecule has 1 heteroatoms. The molecule has 56 valence electrons. The van der Waals surface area contributed by atoms with Crippen molar-refractivity contribution < 1.29 is 4.74 Å². The first-order valence-corrected chi connectivity index (χ1v) is 3.43. The van der Waals surface area contributed by atoms with Gasteiger partial charge in [0.05, 0.1) is 0 Å². The predicted molar refractivity (Wildman–Crippen MR) is 42.7 cm³/mol. The highest BCUT2D eigenvalue weighted by atomic mass is 16.5. The van der Waals surface area contributed by atoms with Crippen LogP contribution in [0, 0.1) is 0 Å². The minimum Gasteiger partial charge on any atom is -0.385 e. The number of allylic oxidation sites excluding steroid dienone is 2. The summed E-state index contributed by atoms with van der Waals surface area (Å²) in [6, 6.07) is 0. The summed E-state index contributed by atoms with van der Waals surface area (Å²) < 4.78 is 4.54. The van der Waals surface area contributed by atoms with Crippen LogP contribution in [0.5, 0.6) is 0 Å². The van der Waals surface area contributed by atoms with Gasteiger partial charge in [-0.15, -0.1) is 0 Å². The molecule has 0 amide bonds. The van der Waals surface area contributed by atoms with Crippen molar-refractivity contribution in [2.24, 2.45) is 0 Å². The molecule has 0 aliphatic carbocycles. The second kappa shape index (κ2) is 15.6. The largest absolute Gasteiger partial charge is 0.385 e. The fourth-order valence-corrected chi connectivity index (χ4v) is 0.236. The lowest BCUT2D eigenvalue weighted by molar-refractivity contribution is 0.215. The molecule has 0 fully saturated rings. The predicted octanol–water partition coefficient (Wildman–Crippen LogP) is 2.63. The van der Waals surface area contributed by atoms with Gasteiger partial charge >= 0.3 is 0 Å². The molecule has 0 unspecified atom stereocenters. The van der Waals surface area contributed by atoms with Gasteiger partial charge in [0.1, 0.15) is 0 Å². The topological polar surface area (TPSA) is 9.23 Å². The average molecular weight is 130 g/mol. The molecule has 0 aliphatic rings. The van der Waals surface area contributed by atoms with Gasteiger partial charge in [-0.2, -0.15) is 0 Å². The zero-order valence-electron chi connectivity index (χ0n) is 6.98. The highest BCUT2D eigenvalue weighted by molar-refractivity contribution is 4.73. The first-order chi connectivity index (χ1) is 4.33. The summed E-state index contributed by atoms with van der Waals surface area (Å²) in [5.41, 5.74) is 0. The number of rotatable bonds is 2. The summed E-state index contributed by atoms with van der Waals surface area (Å²) in [6.07, 6.45) is 5.34. The minimum absolute atomic E-state index is 0.819. The second-order valence-corrected chi connectivity index (χ2v) is 1.55. The van der Waals surface area contributed by atoms with Crippen molar-refractivity contribution in [2.75, 3.05) is 13.7 Å². The van der Waals surface area contributed by atoms with Crippen LogP contribution in [0.25, 0.3) is 0 Å². The third-order valence-corrected chi connectivity index (χ3v) is 0.760. The van der Waals surface area contributed by atoms with Gasteiger partial charge < -0.3 is 4.74 Å². The zero-order chi connectivity index (χ0) is 7.54. The van der Waals surface area contributed by atoms with Crippen molar-refractivity contribution >= 4 is 0 Å². The molecule has 0 aromatic rings. The molecular weight excluding hydrogens is 112 g/mol. The SMILES string of the molecule is CC=CCC.CCOC. The highest BCUT2D eigenvalue weighted by Gasteiger charge is 1.52. The molecule has 0 aromatic heterocycles. The van der Waals surface area contributed by atoms with Crippen LogP contribution in [0.2, 0.25) is 0 Å². The monoisotopic (exact) mass is 130 g/mol. The smallest absolute Gasteiger partial charge is 0.0433 e. The maximum Gasteiger partial charge on any atom is 0.0433 e. The molecule has 1 nitrogen and oxygen atoms in total. The van der Waals surface area contributed by atoms with Crippen molar-refractivity contribution in [3.63, 3.8) is 0 Å². The van der Waals surface area contributed by atoms with Gasteiger partial charge in [-0.05, 0) is 20.3 Å². The molecular formula is C8H18O. The van der Waals surface area contributed by atoms with E-state index in [-0.39, 0.29) is 0 Å². The molecule has 0 spiro atoms. The Morgan fingerprint density at radius 1 is 1.33 bits per heavy atom. The van der Waals surface area contributed by atoms with E-state index in [1.165, 1.54) is 0 Å². The van der Waals surface area contributed by atoms with Crippen molar-refractivity contribution in [1.29, 1.82) is 0 Å². The first-order valence-electron chi connectivity index (χ1n) is 3.43. The van der Waals surface area contributed by atoms with E-state index in [0.717, 1.165) is 13.0 Å². The maximum atomic E-state index is 4.54. The van der Waals surface area contributed by atoms with E-state index in [2.05, 4.69) is 23.8 Å². The van der Waals surface area contributed by atoms with Crippen molar-refractivity contribution in [3.05, 3.63) is 12.2 Å². The highest BCUT2D eigenvalue weighted by Crippen LogP contribution is 1.73. The molecule has 0 saturated heterocycles. The Labute approximate surface area is 58.7 Å². The van der Waals surface area contributed by atoms with E-state index in [1.54, 1.807) is 7.11 Å². The van der Waals surface area contributed by atoms with Gasteiger partial charge in [0.15, 0.2) is 0 Å². The molecule has 0 radical (unpaired) electrons. The Kier molecular flexibility index (Phi) is 20.0. The van der Waals surface area contributed by atoms with E-state index < -0.39 is 0 Å². The lowest BCUT2D eigenvalue weighted by Crippen LogP contribution is -1.73. The Morgan fingerprint density at radius 3 is 1.78 bits per heavy atom. The Hall–Kier alpha value is -0.300. The lowest BCUT2D eigenvalue weighted by atomic mass is 10.4. The third-order valence-electron chi connectivity index (χ3n) is 0.760. The van der Waals surface area contributed by atoms with Gasteiger partial charge in [-0.25, -0.2) is 0 Å². The number of methoxy groups -OCH3 is 1. The van der Waals surface area contributed by atoms with Crippen LogP contribution < -0.4 is 0 Å². The number of ether oxygens (including phenoxy) is 1. The van der Waals surface area contributed by atoms with Crippen LogP contribution in [0.4, 0.5) is 0 Å². The second-order valence-electron chi connectivity index (χ2n) is 1.55. The van der Waals surface area contributed by atoms with E-state index in [9.17, 15) is 0 Å². The number of hydrogen-bond donors (Lipinski definition) is 0. The molecule has 9 heavy (non-hydrogen) atoms. The third kappa shape index (κ3) is 34.3. The maximum absolute atomic E-state index is 4.54. The van der Waals surface area contributed by atoms with Crippen LogP contribution in [0.15, 0.2) is 12.2 Å². The molecule has 0 aliphatic heterocycles. The summed E-state index contributed by atoms with van der Waals surface area (Å²) in [4.78, 5) is 0. The first kappa shape index (κ1) is 11.5. The Balaban J connectivity index is 0. The Morgan fingerprint density at radius 2 is 1.78 bits per heavy atom. The van der Waals surface area contributed by atoms with Crippen LogP contribution in [0.3, 0.4) is 0 Å². The molecule has 0 bridgehead atoms. The number of hydrogen-bond acceptors (Lipinski definition) is 1.